The second kappa shape index (κ2) is 6.40. The molecule has 0 saturated carbocycles. The highest BCUT2D eigenvalue weighted by atomic mass is 19.1. The summed E-state index contributed by atoms with van der Waals surface area (Å²) >= 11 is 0. The third-order valence-corrected chi connectivity index (χ3v) is 2.39. The summed E-state index contributed by atoms with van der Waals surface area (Å²) in [5.74, 6) is 0. The number of hydrogen-bond acceptors (Lipinski definition) is 2. The van der Waals surface area contributed by atoms with E-state index >= 15 is 0 Å². The summed E-state index contributed by atoms with van der Waals surface area (Å²) in [6, 6.07) is 7.76. The van der Waals surface area contributed by atoms with E-state index in [2.05, 4.69) is 11.8 Å². The van der Waals surface area contributed by atoms with Crippen LogP contribution in [0, 0.1) is 0 Å². The molecule has 0 radical (unpaired) electrons. The van der Waals surface area contributed by atoms with Crippen molar-refractivity contribution in [2.75, 3.05) is 25.5 Å². The molecular weight excluding hydrogens is 191 g/mol. The van der Waals surface area contributed by atoms with Crippen molar-refractivity contribution in [1.82, 2.24) is 4.90 Å². The van der Waals surface area contributed by atoms with E-state index in [0.717, 1.165) is 30.8 Å². The molecule has 0 bridgehead atoms. The summed E-state index contributed by atoms with van der Waals surface area (Å²) < 4.78 is 12.3. The highest BCUT2D eigenvalue weighted by Crippen LogP contribution is 2.13. The van der Waals surface area contributed by atoms with Gasteiger partial charge < -0.3 is 5.73 Å². The van der Waals surface area contributed by atoms with Crippen LogP contribution in [-0.2, 0) is 6.54 Å². The number of halogens is 1. The maximum atomic E-state index is 12.3. The lowest BCUT2D eigenvalue weighted by atomic mass is 10.1. The quantitative estimate of drug-likeness (QED) is 0.731. The fourth-order valence-electron chi connectivity index (χ4n) is 1.62. The standard InChI is InChI=1S/C12H19FN2/c1-2-8-15(9-7-13)10-11-5-3-4-6-12(11)14/h3-6H,2,7-10,14H2,1H3. The minimum Gasteiger partial charge on any atom is -0.398 e. The normalized spacial score (nSPS) is 10.9. The molecule has 0 saturated heterocycles. The van der Waals surface area contributed by atoms with Crippen LogP contribution in [0.25, 0.3) is 0 Å². The SMILES string of the molecule is CCCN(CCF)Cc1ccccc1N. The molecule has 1 aromatic carbocycles. The first-order valence-corrected chi connectivity index (χ1v) is 5.39. The Morgan fingerprint density at radius 3 is 2.60 bits per heavy atom. The Kier molecular flexibility index (Phi) is 5.12. The summed E-state index contributed by atoms with van der Waals surface area (Å²) in [5, 5.41) is 0. The van der Waals surface area contributed by atoms with E-state index < -0.39 is 0 Å². The fraction of sp³-hybridized carbons (Fsp3) is 0.500. The number of nitrogen functional groups attached to an aromatic ring is 1. The van der Waals surface area contributed by atoms with Crippen LogP contribution in [0.15, 0.2) is 24.3 Å². The average molecular weight is 210 g/mol. The van der Waals surface area contributed by atoms with Gasteiger partial charge in [0.15, 0.2) is 0 Å². The summed E-state index contributed by atoms with van der Waals surface area (Å²) in [5.41, 5.74) is 7.71. The number of benzene rings is 1. The van der Waals surface area contributed by atoms with E-state index in [-0.39, 0.29) is 6.67 Å². The van der Waals surface area contributed by atoms with Gasteiger partial charge in [0.25, 0.3) is 0 Å². The molecule has 0 aromatic heterocycles. The molecule has 0 aliphatic rings. The fourth-order valence-corrected chi connectivity index (χ4v) is 1.62. The van der Waals surface area contributed by atoms with Crippen molar-refractivity contribution in [3.05, 3.63) is 29.8 Å². The highest BCUT2D eigenvalue weighted by Gasteiger charge is 2.06. The van der Waals surface area contributed by atoms with E-state index in [4.69, 9.17) is 5.73 Å². The number of nitrogens with zero attached hydrogens (tertiary/aromatic N) is 1. The largest absolute Gasteiger partial charge is 0.398 e. The molecule has 0 fully saturated rings. The zero-order chi connectivity index (χ0) is 11.1. The molecule has 0 aliphatic heterocycles. The third kappa shape index (κ3) is 3.88. The zero-order valence-corrected chi connectivity index (χ0v) is 9.25. The summed E-state index contributed by atoms with van der Waals surface area (Å²) in [4.78, 5) is 2.09. The average Bonchev–Trinajstić information content (AvgIpc) is 2.22. The van der Waals surface area contributed by atoms with Crippen LogP contribution in [0.3, 0.4) is 0 Å². The predicted molar refractivity (Wildman–Crippen MR) is 62.4 cm³/mol. The summed E-state index contributed by atoms with van der Waals surface area (Å²) in [6.45, 7) is 3.94. The molecule has 1 aromatic rings. The van der Waals surface area contributed by atoms with Crippen LogP contribution in [0.5, 0.6) is 0 Å². The van der Waals surface area contributed by atoms with E-state index in [1.54, 1.807) is 0 Å². The first-order chi connectivity index (χ1) is 7.27. The predicted octanol–water partition coefficient (Wildman–Crippen LogP) is 2.45. The second-order valence-electron chi connectivity index (χ2n) is 3.66. The number of nitrogens with two attached hydrogens (primary N) is 1. The second-order valence-corrected chi connectivity index (χ2v) is 3.66. The molecule has 3 heteroatoms. The van der Waals surface area contributed by atoms with Crippen LogP contribution in [0.2, 0.25) is 0 Å². The molecular formula is C12H19FN2. The minimum absolute atomic E-state index is 0.299. The third-order valence-electron chi connectivity index (χ3n) is 2.39. The van der Waals surface area contributed by atoms with Crippen molar-refractivity contribution in [1.29, 1.82) is 0 Å². The topological polar surface area (TPSA) is 29.3 Å². The monoisotopic (exact) mass is 210 g/mol. The van der Waals surface area contributed by atoms with Gasteiger partial charge in [-0.25, -0.2) is 4.39 Å². The molecule has 0 atom stereocenters. The first kappa shape index (κ1) is 12.0. The van der Waals surface area contributed by atoms with Gasteiger partial charge in [0.2, 0.25) is 0 Å². The molecule has 1 rings (SSSR count). The lowest BCUT2D eigenvalue weighted by molar-refractivity contribution is 0.241. The Morgan fingerprint density at radius 1 is 1.27 bits per heavy atom. The number of anilines is 1. The Morgan fingerprint density at radius 2 is 2.00 bits per heavy atom. The number of hydrogen-bond donors (Lipinski definition) is 1. The molecule has 84 valence electrons. The van der Waals surface area contributed by atoms with Crippen LogP contribution in [-0.4, -0.2) is 24.7 Å². The molecule has 2 nitrogen and oxygen atoms in total. The van der Waals surface area contributed by atoms with Gasteiger partial charge in [0.05, 0.1) is 0 Å². The van der Waals surface area contributed by atoms with Gasteiger partial charge in [-0.2, -0.15) is 0 Å². The van der Waals surface area contributed by atoms with Crippen molar-refractivity contribution in [2.45, 2.75) is 19.9 Å². The van der Waals surface area contributed by atoms with Crippen molar-refractivity contribution in [3.8, 4) is 0 Å². The lowest BCUT2D eigenvalue weighted by Crippen LogP contribution is -2.26. The van der Waals surface area contributed by atoms with E-state index in [1.165, 1.54) is 0 Å². The molecule has 0 unspecified atom stereocenters. The van der Waals surface area contributed by atoms with Crippen molar-refractivity contribution >= 4 is 5.69 Å². The Balaban J connectivity index is 2.60. The lowest BCUT2D eigenvalue weighted by Gasteiger charge is -2.20. The summed E-state index contributed by atoms with van der Waals surface area (Å²) in [6.07, 6.45) is 1.03. The van der Waals surface area contributed by atoms with Crippen LogP contribution < -0.4 is 5.73 Å². The van der Waals surface area contributed by atoms with Crippen LogP contribution >= 0.6 is 0 Å². The smallest absolute Gasteiger partial charge is 0.102 e. The van der Waals surface area contributed by atoms with E-state index in [0.29, 0.717) is 6.54 Å². The molecule has 0 spiro atoms. The van der Waals surface area contributed by atoms with Gasteiger partial charge >= 0.3 is 0 Å². The molecule has 0 amide bonds. The molecule has 0 aliphatic carbocycles. The number of alkyl halides is 1. The van der Waals surface area contributed by atoms with Gasteiger partial charge in [-0.3, -0.25) is 4.90 Å². The van der Waals surface area contributed by atoms with Crippen molar-refractivity contribution in [2.24, 2.45) is 0 Å². The van der Waals surface area contributed by atoms with Gasteiger partial charge in [-0.15, -0.1) is 0 Å². The van der Waals surface area contributed by atoms with Crippen molar-refractivity contribution in [3.63, 3.8) is 0 Å². The Hall–Kier alpha value is -1.09. The molecule has 15 heavy (non-hydrogen) atoms. The van der Waals surface area contributed by atoms with E-state index in [1.807, 2.05) is 24.3 Å². The molecule has 0 heterocycles. The first-order valence-electron chi connectivity index (χ1n) is 5.39. The zero-order valence-electron chi connectivity index (χ0n) is 9.25. The molecule has 2 N–H and O–H groups in total. The Bertz CT molecular complexity index is 283. The van der Waals surface area contributed by atoms with Gasteiger partial charge in [-0.05, 0) is 24.6 Å². The summed E-state index contributed by atoms with van der Waals surface area (Å²) in [7, 11) is 0. The van der Waals surface area contributed by atoms with Gasteiger partial charge in [0, 0.05) is 18.8 Å². The van der Waals surface area contributed by atoms with E-state index in [9.17, 15) is 4.39 Å². The highest BCUT2D eigenvalue weighted by molar-refractivity contribution is 5.46. The number of para-hydroxylation sites is 1. The van der Waals surface area contributed by atoms with Crippen LogP contribution in [0.4, 0.5) is 10.1 Å². The number of rotatable bonds is 6. The van der Waals surface area contributed by atoms with Crippen molar-refractivity contribution < 1.29 is 4.39 Å². The minimum atomic E-state index is -0.299. The maximum Gasteiger partial charge on any atom is 0.102 e. The van der Waals surface area contributed by atoms with Gasteiger partial charge in [0.1, 0.15) is 6.67 Å². The van der Waals surface area contributed by atoms with Gasteiger partial charge in [-0.1, -0.05) is 25.1 Å². The van der Waals surface area contributed by atoms with Crippen LogP contribution in [0.1, 0.15) is 18.9 Å². The Labute approximate surface area is 90.9 Å². The maximum absolute atomic E-state index is 12.3.